The average Bonchev–Trinajstić information content (AvgIpc) is 2.43. The molecule has 1 heterocycles. The van der Waals surface area contributed by atoms with Crippen molar-refractivity contribution in [3.63, 3.8) is 0 Å². The van der Waals surface area contributed by atoms with Gasteiger partial charge < -0.3 is 5.32 Å². The summed E-state index contributed by atoms with van der Waals surface area (Å²) in [6.45, 7) is 2.81. The molecule has 1 N–H and O–H groups in total. The maximum Gasteiger partial charge on any atom is 0.142 e. The van der Waals surface area contributed by atoms with E-state index in [9.17, 15) is 4.39 Å². The first-order valence-corrected chi connectivity index (χ1v) is 6.66. The molecule has 0 amide bonds. The van der Waals surface area contributed by atoms with Crippen molar-refractivity contribution in [3.8, 4) is 0 Å². The van der Waals surface area contributed by atoms with Gasteiger partial charge >= 0.3 is 0 Å². The van der Waals surface area contributed by atoms with Crippen LogP contribution in [0.1, 0.15) is 24.1 Å². The molecule has 0 aliphatic rings. The zero-order chi connectivity index (χ0) is 13.7. The maximum atomic E-state index is 13.5. The SMILES string of the molecule is CCNC(Cc1cccnc1)c1cccc(F)c1Cl. The van der Waals surface area contributed by atoms with Crippen LogP contribution < -0.4 is 5.32 Å². The molecule has 0 spiro atoms. The van der Waals surface area contributed by atoms with E-state index < -0.39 is 0 Å². The third kappa shape index (κ3) is 3.52. The van der Waals surface area contributed by atoms with E-state index in [2.05, 4.69) is 10.3 Å². The Morgan fingerprint density at radius 1 is 1.32 bits per heavy atom. The predicted molar refractivity (Wildman–Crippen MR) is 75.8 cm³/mol. The van der Waals surface area contributed by atoms with Gasteiger partial charge in [-0.1, -0.05) is 36.7 Å². The van der Waals surface area contributed by atoms with Crippen LogP contribution in [-0.4, -0.2) is 11.5 Å². The summed E-state index contributed by atoms with van der Waals surface area (Å²) in [7, 11) is 0. The van der Waals surface area contributed by atoms with Crippen LogP contribution in [0.3, 0.4) is 0 Å². The Bertz CT molecular complexity index is 531. The summed E-state index contributed by atoms with van der Waals surface area (Å²) in [5.41, 5.74) is 1.88. The van der Waals surface area contributed by atoms with Gasteiger partial charge in [-0.3, -0.25) is 4.98 Å². The van der Waals surface area contributed by atoms with Crippen LogP contribution in [0.4, 0.5) is 4.39 Å². The number of halogens is 2. The van der Waals surface area contributed by atoms with Crippen LogP contribution in [-0.2, 0) is 6.42 Å². The molecule has 1 aromatic carbocycles. The molecular weight excluding hydrogens is 263 g/mol. The van der Waals surface area contributed by atoms with Gasteiger partial charge in [0.1, 0.15) is 5.82 Å². The van der Waals surface area contributed by atoms with Gasteiger partial charge in [-0.2, -0.15) is 0 Å². The van der Waals surface area contributed by atoms with E-state index in [1.165, 1.54) is 6.07 Å². The zero-order valence-electron chi connectivity index (χ0n) is 10.7. The van der Waals surface area contributed by atoms with Crippen molar-refractivity contribution in [2.24, 2.45) is 0 Å². The fourth-order valence-corrected chi connectivity index (χ4v) is 2.34. The monoisotopic (exact) mass is 278 g/mol. The van der Waals surface area contributed by atoms with Crippen LogP contribution in [0.2, 0.25) is 5.02 Å². The summed E-state index contributed by atoms with van der Waals surface area (Å²) in [5.74, 6) is -0.381. The van der Waals surface area contributed by atoms with Crippen molar-refractivity contribution in [1.82, 2.24) is 10.3 Å². The largest absolute Gasteiger partial charge is 0.310 e. The molecule has 19 heavy (non-hydrogen) atoms. The number of nitrogens with one attached hydrogen (secondary N) is 1. The standard InChI is InChI=1S/C15H16ClFN2/c1-2-19-14(9-11-5-4-8-18-10-11)12-6-3-7-13(17)15(12)16/h3-8,10,14,19H,2,9H2,1H3. The number of nitrogens with zero attached hydrogens (tertiary/aromatic N) is 1. The van der Waals surface area contributed by atoms with Gasteiger partial charge in [0.15, 0.2) is 0 Å². The molecule has 1 unspecified atom stereocenters. The molecule has 0 fully saturated rings. The first-order valence-electron chi connectivity index (χ1n) is 6.28. The number of likely N-dealkylation sites (N-methyl/N-ethyl adjacent to an activating group) is 1. The molecule has 2 nitrogen and oxygen atoms in total. The third-order valence-electron chi connectivity index (χ3n) is 2.97. The lowest BCUT2D eigenvalue weighted by molar-refractivity contribution is 0.542. The van der Waals surface area contributed by atoms with Gasteiger partial charge in [-0.25, -0.2) is 4.39 Å². The highest BCUT2D eigenvalue weighted by Gasteiger charge is 2.16. The number of benzene rings is 1. The normalized spacial score (nSPS) is 12.4. The van der Waals surface area contributed by atoms with E-state index in [1.807, 2.05) is 31.3 Å². The minimum atomic E-state index is -0.381. The van der Waals surface area contributed by atoms with E-state index in [1.54, 1.807) is 12.3 Å². The minimum Gasteiger partial charge on any atom is -0.310 e. The van der Waals surface area contributed by atoms with Crippen molar-refractivity contribution in [3.05, 3.63) is 64.7 Å². The van der Waals surface area contributed by atoms with Crippen molar-refractivity contribution in [2.75, 3.05) is 6.54 Å². The summed E-state index contributed by atoms with van der Waals surface area (Å²) in [5, 5.41) is 3.53. The van der Waals surface area contributed by atoms with Crippen LogP contribution in [0.15, 0.2) is 42.7 Å². The number of hydrogen-bond acceptors (Lipinski definition) is 2. The molecule has 0 aliphatic carbocycles. The average molecular weight is 279 g/mol. The van der Waals surface area contributed by atoms with E-state index >= 15 is 0 Å². The Morgan fingerprint density at radius 2 is 2.16 bits per heavy atom. The van der Waals surface area contributed by atoms with Gasteiger partial charge in [0.05, 0.1) is 5.02 Å². The third-order valence-corrected chi connectivity index (χ3v) is 3.37. The summed E-state index contributed by atoms with van der Waals surface area (Å²) in [4.78, 5) is 4.10. The first-order chi connectivity index (χ1) is 9.22. The minimum absolute atomic E-state index is 0.0163. The second-order valence-electron chi connectivity index (χ2n) is 4.32. The fraction of sp³-hybridized carbons (Fsp3) is 0.267. The van der Waals surface area contributed by atoms with Crippen molar-refractivity contribution >= 4 is 11.6 Å². The van der Waals surface area contributed by atoms with Crippen LogP contribution >= 0.6 is 11.6 Å². The Kier molecular flexibility index (Phi) is 4.88. The topological polar surface area (TPSA) is 24.9 Å². The highest BCUT2D eigenvalue weighted by molar-refractivity contribution is 6.31. The first kappa shape index (κ1) is 14.0. The lowest BCUT2D eigenvalue weighted by atomic mass is 9.99. The Balaban J connectivity index is 2.27. The van der Waals surface area contributed by atoms with E-state index in [4.69, 9.17) is 11.6 Å². The molecule has 0 aliphatic heterocycles. The number of rotatable bonds is 5. The molecule has 100 valence electrons. The molecule has 1 atom stereocenters. The van der Waals surface area contributed by atoms with E-state index in [0.29, 0.717) is 0 Å². The lowest BCUT2D eigenvalue weighted by Gasteiger charge is -2.19. The molecule has 1 aromatic heterocycles. The zero-order valence-corrected chi connectivity index (χ0v) is 11.5. The Hall–Kier alpha value is -1.45. The number of aromatic nitrogens is 1. The van der Waals surface area contributed by atoms with E-state index in [-0.39, 0.29) is 16.9 Å². The molecule has 4 heteroatoms. The van der Waals surface area contributed by atoms with E-state index in [0.717, 1.165) is 24.1 Å². The van der Waals surface area contributed by atoms with Crippen molar-refractivity contribution in [1.29, 1.82) is 0 Å². The Morgan fingerprint density at radius 3 is 2.84 bits per heavy atom. The van der Waals surface area contributed by atoms with Gasteiger partial charge in [0, 0.05) is 18.4 Å². The smallest absolute Gasteiger partial charge is 0.142 e. The van der Waals surface area contributed by atoms with Crippen LogP contribution in [0, 0.1) is 5.82 Å². The van der Waals surface area contributed by atoms with Crippen LogP contribution in [0.5, 0.6) is 0 Å². The predicted octanol–water partition coefficient (Wildman–Crippen LogP) is 3.77. The van der Waals surface area contributed by atoms with Gasteiger partial charge in [0.2, 0.25) is 0 Å². The van der Waals surface area contributed by atoms with Gasteiger partial charge in [-0.15, -0.1) is 0 Å². The molecule has 2 aromatic rings. The molecular formula is C15H16ClFN2. The molecule has 0 saturated heterocycles. The maximum absolute atomic E-state index is 13.5. The lowest BCUT2D eigenvalue weighted by Crippen LogP contribution is -2.23. The highest BCUT2D eigenvalue weighted by Crippen LogP contribution is 2.27. The summed E-state index contributed by atoms with van der Waals surface area (Å²) in [6.07, 6.45) is 4.28. The van der Waals surface area contributed by atoms with Crippen molar-refractivity contribution < 1.29 is 4.39 Å². The fourth-order valence-electron chi connectivity index (χ4n) is 2.08. The Labute approximate surface area is 117 Å². The molecule has 0 radical (unpaired) electrons. The van der Waals surface area contributed by atoms with Gasteiger partial charge in [-0.05, 0) is 36.2 Å². The van der Waals surface area contributed by atoms with Crippen molar-refractivity contribution in [2.45, 2.75) is 19.4 Å². The summed E-state index contributed by atoms with van der Waals surface area (Å²) >= 11 is 6.06. The number of pyridine rings is 1. The highest BCUT2D eigenvalue weighted by atomic mass is 35.5. The molecule has 2 rings (SSSR count). The summed E-state index contributed by atoms with van der Waals surface area (Å²) < 4.78 is 13.5. The van der Waals surface area contributed by atoms with Crippen LogP contribution in [0.25, 0.3) is 0 Å². The summed E-state index contributed by atoms with van der Waals surface area (Å²) in [6, 6.07) is 8.80. The molecule has 0 saturated carbocycles. The number of hydrogen-bond donors (Lipinski definition) is 1. The molecule has 0 bridgehead atoms. The van der Waals surface area contributed by atoms with Gasteiger partial charge in [0.25, 0.3) is 0 Å². The quantitative estimate of drug-likeness (QED) is 0.901. The second-order valence-corrected chi connectivity index (χ2v) is 4.70. The second kappa shape index (κ2) is 6.64.